The van der Waals surface area contributed by atoms with E-state index in [-0.39, 0.29) is 0 Å². The first-order valence-corrected chi connectivity index (χ1v) is 8.18. The molecule has 0 saturated heterocycles. The molecule has 4 aromatic rings. The predicted octanol–water partition coefficient (Wildman–Crippen LogP) is 4.57. The normalized spacial score (nSPS) is 11.0. The van der Waals surface area contributed by atoms with Crippen LogP contribution in [0.5, 0.6) is 5.75 Å². The molecule has 0 saturated carbocycles. The number of nitrogens with one attached hydrogen (secondary N) is 1. The van der Waals surface area contributed by atoms with Gasteiger partial charge in [0.1, 0.15) is 17.4 Å². The molecule has 0 aliphatic heterocycles. The van der Waals surface area contributed by atoms with Crippen LogP contribution in [0.4, 0.5) is 0 Å². The molecule has 2 aromatic heterocycles. The van der Waals surface area contributed by atoms with Crippen LogP contribution >= 0.6 is 11.3 Å². The molecule has 0 bridgehead atoms. The van der Waals surface area contributed by atoms with Gasteiger partial charge in [-0.3, -0.25) is 5.10 Å². The maximum Gasteiger partial charge on any atom is 0.140 e. The molecule has 0 fully saturated rings. The fourth-order valence-electron chi connectivity index (χ4n) is 2.47. The van der Waals surface area contributed by atoms with Crippen molar-refractivity contribution in [2.75, 3.05) is 0 Å². The Hall–Kier alpha value is -2.66. The minimum absolute atomic E-state index is 0.490. The van der Waals surface area contributed by atoms with Gasteiger partial charge < -0.3 is 4.74 Å². The highest BCUT2D eigenvalue weighted by Crippen LogP contribution is 2.28. The number of hydrogen-bond donors (Lipinski definition) is 1. The fraction of sp³-hybridized carbons (Fsp3) is 0.111. The van der Waals surface area contributed by atoms with Crippen molar-refractivity contribution in [2.24, 2.45) is 0 Å². The van der Waals surface area contributed by atoms with E-state index in [2.05, 4.69) is 40.3 Å². The Morgan fingerprint density at radius 2 is 2.09 bits per heavy atom. The van der Waals surface area contributed by atoms with Crippen molar-refractivity contribution >= 4 is 21.6 Å². The average molecular weight is 321 g/mol. The SMILES string of the molecule is Cc1cccc(OCc2nc3ccc(-c4cn[nH]c4)cc3s2)c1. The van der Waals surface area contributed by atoms with Crippen LogP contribution in [0.3, 0.4) is 0 Å². The lowest BCUT2D eigenvalue weighted by Gasteiger charge is -2.04. The number of aromatic amines is 1. The van der Waals surface area contributed by atoms with Crippen molar-refractivity contribution in [1.29, 1.82) is 0 Å². The first kappa shape index (κ1) is 14.0. The number of ether oxygens (including phenoxy) is 1. The van der Waals surface area contributed by atoms with Gasteiger partial charge in [-0.25, -0.2) is 4.98 Å². The Bertz CT molecular complexity index is 944. The van der Waals surface area contributed by atoms with E-state index in [0.29, 0.717) is 6.61 Å². The molecule has 0 unspecified atom stereocenters. The van der Waals surface area contributed by atoms with Crippen LogP contribution in [-0.2, 0) is 6.61 Å². The predicted molar refractivity (Wildman–Crippen MR) is 92.7 cm³/mol. The van der Waals surface area contributed by atoms with Crippen molar-refractivity contribution in [3.8, 4) is 16.9 Å². The molecule has 0 aliphatic carbocycles. The zero-order valence-electron chi connectivity index (χ0n) is 12.6. The molecule has 4 nitrogen and oxygen atoms in total. The number of fused-ring (bicyclic) bond motifs is 1. The van der Waals surface area contributed by atoms with Gasteiger partial charge in [0.15, 0.2) is 0 Å². The van der Waals surface area contributed by atoms with Crippen molar-refractivity contribution < 1.29 is 4.74 Å². The Morgan fingerprint density at radius 3 is 2.91 bits per heavy atom. The minimum Gasteiger partial charge on any atom is -0.486 e. The fourth-order valence-corrected chi connectivity index (χ4v) is 3.39. The second-order valence-electron chi connectivity index (χ2n) is 5.38. The summed E-state index contributed by atoms with van der Waals surface area (Å²) < 4.78 is 7.00. The highest BCUT2D eigenvalue weighted by molar-refractivity contribution is 7.18. The molecule has 0 spiro atoms. The van der Waals surface area contributed by atoms with Gasteiger partial charge in [-0.1, -0.05) is 18.2 Å². The lowest BCUT2D eigenvalue weighted by atomic mass is 10.1. The lowest BCUT2D eigenvalue weighted by Crippen LogP contribution is -1.94. The number of rotatable bonds is 4. The van der Waals surface area contributed by atoms with E-state index in [1.807, 2.05) is 36.7 Å². The summed E-state index contributed by atoms with van der Waals surface area (Å²) in [4.78, 5) is 4.64. The van der Waals surface area contributed by atoms with Crippen LogP contribution < -0.4 is 4.74 Å². The standard InChI is InChI=1S/C18H15N3OS/c1-12-3-2-4-15(7-12)22-11-18-21-16-6-5-13(8-17(16)23-18)14-9-19-20-10-14/h2-10H,11H2,1H3,(H,19,20). The number of thiazole rings is 1. The van der Waals surface area contributed by atoms with E-state index >= 15 is 0 Å². The number of nitrogens with zero attached hydrogens (tertiary/aromatic N) is 2. The van der Waals surface area contributed by atoms with Crippen LogP contribution in [0.2, 0.25) is 0 Å². The van der Waals surface area contributed by atoms with Gasteiger partial charge in [0.2, 0.25) is 0 Å². The third-order valence-corrected chi connectivity index (χ3v) is 4.61. The zero-order chi connectivity index (χ0) is 15.6. The lowest BCUT2D eigenvalue weighted by molar-refractivity contribution is 0.305. The van der Waals surface area contributed by atoms with Crippen molar-refractivity contribution in [3.63, 3.8) is 0 Å². The summed E-state index contributed by atoms with van der Waals surface area (Å²) in [6, 6.07) is 14.3. The third kappa shape index (κ3) is 2.96. The third-order valence-electron chi connectivity index (χ3n) is 3.62. The quantitative estimate of drug-likeness (QED) is 0.599. The zero-order valence-corrected chi connectivity index (χ0v) is 13.4. The number of aryl methyl sites for hydroxylation is 1. The molecular weight excluding hydrogens is 306 g/mol. The minimum atomic E-state index is 0.490. The van der Waals surface area contributed by atoms with Crippen LogP contribution in [-0.4, -0.2) is 15.2 Å². The van der Waals surface area contributed by atoms with E-state index < -0.39 is 0 Å². The Morgan fingerprint density at radius 1 is 1.13 bits per heavy atom. The van der Waals surface area contributed by atoms with Crippen molar-refractivity contribution in [2.45, 2.75) is 13.5 Å². The molecular formula is C18H15N3OS. The molecule has 0 aliphatic rings. The maximum atomic E-state index is 5.84. The van der Waals surface area contributed by atoms with E-state index in [1.165, 1.54) is 5.56 Å². The van der Waals surface area contributed by atoms with E-state index in [1.54, 1.807) is 11.3 Å². The number of H-pyrrole nitrogens is 1. The maximum absolute atomic E-state index is 5.84. The van der Waals surface area contributed by atoms with Gasteiger partial charge in [-0.2, -0.15) is 5.10 Å². The molecule has 0 amide bonds. The Kier molecular flexibility index (Phi) is 3.55. The smallest absolute Gasteiger partial charge is 0.140 e. The van der Waals surface area contributed by atoms with E-state index in [9.17, 15) is 0 Å². The summed E-state index contributed by atoms with van der Waals surface area (Å²) in [6.45, 7) is 2.55. The molecule has 2 heterocycles. The largest absolute Gasteiger partial charge is 0.486 e. The topological polar surface area (TPSA) is 50.8 Å². The van der Waals surface area contributed by atoms with Gasteiger partial charge in [-0.05, 0) is 42.3 Å². The molecule has 4 rings (SSSR count). The summed E-state index contributed by atoms with van der Waals surface area (Å²) in [5.74, 6) is 0.878. The second-order valence-corrected chi connectivity index (χ2v) is 6.50. The number of aromatic nitrogens is 3. The molecule has 5 heteroatoms. The molecule has 0 radical (unpaired) electrons. The highest BCUT2D eigenvalue weighted by atomic mass is 32.1. The van der Waals surface area contributed by atoms with Crippen molar-refractivity contribution in [3.05, 3.63) is 65.4 Å². The summed E-state index contributed by atoms with van der Waals surface area (Å²) in [5.41, 5.74) is 4.42. The summed E-state index contributed by atoms with van der Waals surface area (Å²) in [6.07, 6.45) is 3.72. The average Bonchev–Trinajstić information content (AvgIpc) is 3.21. The van der Waals surface area contributed by atoms with Crippen LogP contribution in [0, 0.1) is 6.92 Å². The molecule has 2 aromatic carbocycles. The van der Waals surface area contributed by atoms with E-state index in [4.69, 9.17) is 4.74 Å². The van der Waals surface area contributed by atoms with Crippen LogP contribution in [0.25, 0.3) is 21.3 Å². The Balaban J connectivity index is 1.57. The van der Waals surface area contributed by atoms with E-state index in [0.717, 1.165) is 32.1 Å². The van der Waals surface area contributed by atoms with Gasteiger partial charge in [0.05, 0.1) is 16.4 Å². The summed E-state index contributed by atoms with van der Waals surface area (Å²) in [5, 5.41) is 7.82. The molecule has 1 N–H and O–H groups in total. The second kappa shape index (κ2) is 5.85. The molecule has 23 heavy (non-hydrogen) atoms. The van der Waals surface area contributed by atoms with Crippen LogP contribution in [0.15, 0.2) is 54.9 Å². The Labute approximate surface area is 137 Å². The monoisotopic (exact) mass is 321 g/mol. The number of hydrogen-bond acceptors (Lipinski definition) is 4. The molecule has 0 atom stereocenters. The van der Waals surface area contributed by atoms with Gasteiger partial charge in [0, 0.05) is 11.8 Å². The highest BCUT2D eigenvalue weighted by Gasteiger charge is 2.07. The summed E-state index contributed by atoms with van der Waals surface area (Å²) >= 11 is 1.67. The first-order valence-electron chi connectivity index (χ1n) is 7.36. The first-order chi connectivity index (χ1) is 11.3. The van der Waals surface area contributed by atoms with Crippen LogP contribution in [0.1, 0.15) is 10.6 Å². The van der Waals surface area contributed by atoms with Gasteiger partial charge >= 0.3 is 0 Å². The molecule has 114 valence electrons. The number of benzene rings is 2. The van der Waals surface area contributed by atoms with Crippen molar-refractivity contribution in [1.82, 2.24) is 15.2 Å². The van der Waals surface area contributed by atoms with Gasteiger partial charge in [0.25, 0.3) is 0 Å². The summed E-state index contributed by atoms with van der Waals surface area (Å²) in [7, 11) is 0. The van der Waals surface area contributed by atoms with Gasteiger partial charge in [-0.15, -0.1) is 11.3 Å².